The van der Waals surface area contributed by atoms with Gasteiger partial charge in [-0.05, 0) is 27.2 Å². The molecule has 2 rings (SSSR count). The second-order valence-corrected chi connectivity index (χ2v) is 9.57. The van der Waals surface area contributed by atoms with Crippen LogP contribution in [-0.4, -0.2) is 62.3 Å². The molecular formula is C14H25NO5S. The molecule has 2 aliphatic rings. The van der Waals surface area contributed by atoms with E-state index in [9.17, 15) is 13.2 Å². The molecule has 1 amide bonds. The highest BCUT2D eigenvalue weighted by Crippen LogP contribution is 2.42. The Morgan fingerprint density at radius 2 is 2.00 bits per heavy atom. The third-order valence-corrected chi connectivity index (χ3v) is 5.63. The maximum atomic E-state index is 11.9. The van der Waals surface area contributed by atoms with Crippen molar-refractivity contribution in [1.82, 2.24) is 4.90 Å². The van der Waals surface area contributed by atoms with E-state index >= 15 is 0 Å². The van der Waals surface area contributed by atoms with Crippen molar-refractivity contribution in [2.45, 2.75) is 45.8 Å². The van der Waals surface area contributed by atoms with Gasteiger partial charge in [0.15, 0.2) is 9.84 Å². The Balaban J connectivity index is 1.83. The summed E-state index contributed by atoms with van der Waals surface area (Å²) in [6.45, 7) is 8.86. The summed E-state index contributed by atoms with van der Waals surface area (Å²) >= 11 is 0. The second-order valence-electron chi connectivity index (χ2n) is 7.17. The van der Waals surface area contributed by atoms with E-state index in [4.69, 9.17) is 9.47 Å². The Morgan fingerprint density at radius 3 is 2.52 bits per heavy atom. The highest BCUT2D eigenvalue weighted by molar-refractivity contribution is 7.91. The zero-order valence-electron chi connectivity index (χ0n) is 13.2. The van der Waals surface area contributed by atoms with Gasteiger partial charge in [-0.15, -0.1) is 0 Å². The van der Waals surface area contributed by atoms with Crippen LogP contribution in [-0.2, 0) is 19.3 Å². The molecule has 0 radical (unpaired) electrons. The molecule has 2 aliphatic heterocycles. The monoisotopic (exact) mass is 319 g/mol. The second kappa shape index (κ2) is 5.43. The summed E-state index contributed by atoms with van der Waals surface area (Å²) in [6, 6.07) is 0. The molecule has 0 bridgehead atoms. The van der Waals surface area contributed by atoms with Gasteiger partial charge in [0, 0.05) is 24.3 Å². The third-order valence-electron chi connectivity index (χ3n) is 3.87. The molecule has 7 heteroatoms. The standard InChI is InChI=1S/C14H25NO5S/c1-5-21(17,18)7-11-6-14(10-19-11)8-15(9-14)12(16)20-13(2,3)4/h11H,5-10H2,1-4H3. The van der Waals surface area contributed by atoms with E-state index in [2.05, 4.69) is 0 Å². The number of likely N-dealkylation sites (tertiary alicyclic amines) is 1. The van der Waals surface area contributed by atoms with Gasteiger partial charge in [0.05, 0.1) is 18.5 Å². The fourth-order valence-corrected chi connectivity index (χ4v) is 3.86. The molecule has 6 nitrogen and oxygen atoms in total. The maximum Gasteiger partial charge on any atom is 0.410 e. The number of sulfone groups is 1. The Kier molecular flexibility index (Phi) is 4.28. The summed E-state index contributed by atoms with van der Waals surface area (Å²) in [6.07, 6.45) is 0.152. The average Bonchev–Trinajstić information content (AvgIpc) is 2.68. The first-order chi connectivity index (χ1) is 9.54. The molecule has 1 spiro atoms. The van der Waals surface area contributed by atoms with Crippen molar-refractivity contribution in [2.75, 3.05) is 31.2 Å². The first kappa shape index (κ1) is 16.5. The van der Waals surface area contributed by atoms with Crippen LogP contribution in [0.3, 0.4) is 0 Å². The topological polar surface area (TPSA) is 72.9 Å². The van der Waals surface area contributed by atoms with Gasteiger partial charge in [-0.2, -0.15) is 0 Å². The van der Waals surface area contributed by atoms with E-state index in [1.54, 1.807) is 11.8 Å². The Labute approximate surface area is 126 Å². The molecule has 0 N–H and O–H groups in total. The summed E-state index contributed by atoms with van der Waals surface area (Å²) in [4.78, 5) is 13.6. The highest BCUT2D eigenvalue weighted by Gasteiger charge is 2.52. The lowest BCUT2D eigenvalue weighted by Crippen LogP contribution is -2.59. The van der Waals surface area contributed by atoms with Crippen LogP contribution in [0.15, 0.2) is 0 Å². The molecule has 0 aromatic carbocycles. The van der Waals surface area contributed by atoms with Gasteiger partial charge in [-0.25, -0.2) is 13.2 Å². The number of ether oxygens (including phenoxy) is 2. The molecule has 21 heavy (non-hydrogen) atoms. The van der Waals surface area contributed by atoms with Crippen LogP contribution in [0.5, 0.6) is 0 Å². The van der Waals surface area contributed by atoms with Crippen LogP contribution in [0.25, 0.3) is 0 Å². The summed E-state index contributed by atoms with van der Waals surface area (Å²) < 4.78 is 34.2. The van der Waals surface area contributed by atoms with Crippen LogP contribution in [0, 0.1) is 5.41 Å². The first-order valence-electron chi connectivity index (χ1n) is 7.34. The van der Waals surface area contributed by atoms with Crippen LogP contribution in [0.4, 0.5) is 4.79 Å². The lowest BCUT2D eigenvalue weighted by molar-refractivity contribution is -0.0368. The zero-order chi connectivity index (χ0) is 15.9. The van der Waals surface area contributed by atoms with E-state index in [0.717, 1.165) is 0 Å². The lowest BCUT2D eigenvalue weighted by Gasteiger charge is -2.47. The normalized spacial score (nSPS) is 25.0. The minimum atomic E-state index is -3.02. The van der Waals surface area contributed by atoms with Crippen molar-refractivity contribution in [3.8, 4) is 0 Å². The van der Waals surface area contributed by atoms with Crippen molar-refractivity contribution < 1.29 is 22.7 Å². The third kappa shape index (κ3) is 4.10. The molecular weight excluding hydrogens is 294 g/mol. The number of carbonyl (C=O) groups is 1. The van der Waals surface area contributed by atoms with Crippen molar-refractivity contribution in [3.05, 3.63) is 0 Å². The smallest absolute Gasteiger partial charge is 0.410 e. The molecule has 2 fully saturated rings. The van der Waals surface area contributed by atoms with Gasteiger partial charge in [0.2, 0.25) is 0 Å². The number of amides is 1. The molecule has 1 atom stereocenters. The highest BCUT2D eigenvalue weighted by atomic mass is 32.2. The van der Waals surface area contributed by atoms with Crippen LogP contribution in [0.2, 0.25) is 0 Å². The Morgan fingerprint density at radius 1 is 1.38 bits per heavy atom. The lowest BCUT2D eigenvalue weighted by atomic mass is 9.78. The van der Waals surface area contributed by atoms with Crippen molar-refractivity contribution in [3.63, 3.8) is 0 Å². The molecule has 122 valence electrons. The van der Waals surface area contributed by atoms with Gasteiger partial charge in [-0.1, -0.05) is 6.92 Å². The predicted octanol–water partition coefficient (Wildman–Crippen LogP) is 1.45. The minimum Gasteiger partial charge on any atom is -0.444 e. The number of nitrogens with zero attached hydrogens (tertiary/aromatic N) is 1. The van der Waals surface area contributed by atoms with Gasteiger partial charge in [-0.3, -0.25) is 0 Å². The molecule has 0 aromatic rings. The molecule has 0 aliphatic carbocycles. The van der Waals surface area contributed by atoms with Gasteiger partial charge in [0.1, 0.15) is 5.60 Å². The predicted molar refractivity (Wildman–Crippen MR) is 78.9 cm³/mol. The first-order valence-corrected chi connectivity index (χ1v) is 9.16. The Bertz CT molecular complexity index is 502. The summed E-state index contributed by atoms with van der Waals surface area (Å²) in [7, 11) is -3.02. The number of hydrogen-bond donors (Lipinski definition) is 0. The van der Waals surface area contributed by atoms with E-state index in [1.165, 1.54) is 0 Å². The molecule has 0 aromatic heterocycles. The van der Waals surface area contributed by atoms with Crippen LogP contribution < -0.4 is 0 Å². The number of rotatable bonds is 3. The molecule has 1 unspecified atom stereocenters. The molecule has 2 saturated heterocycles. The van der Waals surface area contributed by atoms with Crippen LogP contribution in [0.1, 0.15) is 34.1 Å². The van der Waals surface area contributed by atoms with Gasteiger partial charge >= 0.3 is 6.09 Å². The molecule has 2 heterocycles. The summed E-state index contributed by atoms with van der Waals surface area (Å²) in [5.74, 6) is 0.224. The summed E-state index contributed by atoms with van der Waals surface area (Å²) in [5, 5.41) is 0. The minimum absolute atomic E-state index is 0.0785. The van der Waals surface area contributed by atoms with E-state index < -0.39 is 15.4 Å². The fourth-order valence-electron chi connectivity index (χ4n) is 2.84. The number of hydrogen-bond acceptors (Lipinski definition) is 5. The Hall–Kier alpha value is -0.820. The number of carbonyl (C=O) groups excluding carboxylic acids is 1. The van der Waals surface area contributed by atoms with Crippen molar-refractivity contribution in [2.24, 2.45) is 5.41 Å². The van der Waals surface area contributed by atoms with Crippen LogP contribution >= 0.6 is 0 Å². The van der Waals surface area contributed by atoms with E-state index in [-0.39, 0.29) is 29.1 Å². The quantitative estimate of drug-likeness (QED) is 0.787. The molecule has 0 saturated carbocycles. The fraction of sp³-hybridized carbons (Fsp3) is 0.929. The average molecular weight is 319 g/mol. The SMILES string of the molecule is CCS(=O)(=O)CC1CC2(CO1)CN(C(=O)OC(C)(C)C)C2. The van der Waals surface area contributed by atoms with Gasteiger partial charge in [0.25, 0.3) is 0 Å². The zero-order valence-corrected chi connectivity index (χ0v) is 14.0. The van der Waals surface area contributed by atoms with E-state index in [0.29, 0.717) is 26.1 Å². The largest absolute Gasteiger partial charge is 0.444 e. The van der Waals surface area contributed by atoms with E-state index in [1.807, 2.05) is 20.8 Å². The van der Waals surface area contributed by atoms with Gasteiger partial charge < -0.3 is 14.4 Å². The maximum absolute atomic E-state index is 11.9. The van der Waals surface area contributed by atoms with Crippen molar-refractivity contribution >= 4 is 15.9 Å². The summed E-state index contributed by atoms with van der Waals surface area (Å²) in [5.41, 5.74) is -0.575. The van der Waals surface area contributed by atoms with Crippen molar-refractivity contribution in [1.29, 1.82) is 0 Å².